The van der Waals surface area contributed by atoms with Gasteiger partial charge in [-0.1, -0.05) is 20.8 Å². The van der Waals surface area contributed by atoms with Gasteiger partial charge in [0.1, 0.15) is 12.1 Å². The number of carbonyl (C=O) groups is 5. The number of ketones is 1. The van der Waals surface area contributed by atoms with Crippen LogP contribution in [0.3, 0.4) is 0 Å². The molecule has 2 rings (SSSR count). The summed E-state index contributed by atoms with van der Waals surface area (Å²) in [4.78, 5) is 62.9. The normalized spacial score (nSPS) is 21.4. The minimum absolute atomic E-state index is 0.129. The van der Waals surface area contributed by atoms with E-state index in [1.54, 1.807) is 20.8 Å². The molecule has 2 fully saturated rings. The number of halogens is 2. The van der Waals surface area contributed by atoms with Gasteiger partial charge < -0.3 is 26.4 Å². The Balaban J connectivity index is 2.29. The topological polar surface area (TPSA) is 159 Å². The molecule has 1 saturated heterocycles. The highest BCUT2D eigenvalue weighted by molar-refractivity contribution is 6.37. The zero-order valence-electron chi connectivity index (χ0n) is 20.0. The van der Waals surface area contributed by atoms with Gasteiger partial charge in [0.25, 0.3) is 5.91 Å². The predicted molar refractivity (Wildman–Crippen MR) is 117 cm³/mol. The zero-order valence-corrected chi connectivity index (χ0v) is 20.0. The Bertz CT molecular complexity index is 847. The maximum atomic E-state index is 13.4. The summed E-state index contributed by atoms with van der Waals surface area (Å²) < 4.78 is 26.7. The number of nitrogens with one attached hydrogen (secondary N) is 2. The van der Waals surface area contributed by atoms with Crippen LogP contribution in [0.5, 0.6) is 0 Å². The van der Waals surface area contributed by atoms with E-state index in [4.69, 9.17) is 5.73 Å². The summed E-state index contributed by atoms with van der Waals surface area (Å²) in [6.45, 7) is 5.89. The third-order valence-corrected chi connectivity index (χ3v) is 6.56. The van der Waals surface area contributed by atoms with Crippen molar-refractivity contribution >= 4 is 29.6 Å². The first kappa shape index (κ1) is 27.5. The highest BCUT2D eigenvalue weighted by atomic mass is 19.3. The van der Waals surface area contributed by atoms with Gasteiger partial charge in [0.05, 0.1) is 6.04 Å². The smallest absolute Gasteiger partial charge is 0.405 e. The van der Waals surface area contributed by atoms with E-state index in [1.165, 1.54) is 4.90 Å². The fraction of sp³-hybridized carbons (Fsp3) is 0.773. The summed E-state index contributed by atoms with van der Waals surface area (Å²) in [7, 11) is 0. The van der Waals surface area contributed by atoms with Gasteiger partial charge in [0, 0.05) is 13.0 Å². The third-order valence-electron chi connectivity index (χ3n) is 6.56. The SMILES string of the molecule is CC(F)(F)CCC(NC(=O)[C@@H]1CC2(CCN1C(=O)C(NC(=O)O)C(C)(C)C)CC2)C(=O)C(N)=O. The van der Waals surface area contributed by atoms with Gasteiger partial charge in [-0.3, -0.25) is 19.2 Å². The van der Waals surface area contributed by atoms with Gasteiger partial charge in [0.2, 0.25) is 23.5 Å². The van der Waals surface area contributed by atoms with Crippen molar-refractivity contribution in [1.82, 2.24) is 15.5 Å². The number of likely N-dealkylation sites (tertiary alicyclic amines) is 1. The first-order chi connectivity index (χ1) is 15.5. The van der Waals surface area contributed by atoms with Gasteiger partial charge in [-0.15, -0.1) is 0 Å². The van der Waals surface area contributed by atoms with Crippen molar-refractivity contribution < 1.29 is 37.9 Å². The van der Waals surface area contributed by atoms with Crippen LogP contribution in [0.1, 0.15) is 66.2 Å². The van der Waals surface area contributed by atoms with Crippen LogP contribution >= 0.6 is 0 Å². The molecule has 3 atom stereocenters. The maximum Gasteiger partial charge on any atom is 0.405 e. The molecule has 0 aromatic rings. The molecular weight excluding hydrogens is 454 g/mol. The molecule has 2 aliphatic rings. The van der Waals surface area contributed by atoms with Crippen molar-refractivity contribution in [2.24, 2.45) is 16.6 Å². The number of carboxylic acid groups (broad SMARTS) is 1. The number of alkyl halides is 2. The van der Waals surface area contributed by atoms with Crippen molar-refractivity contribution in [2.75, 3.05) is 6.54 Å². The lowest BCUT2D eigenvalue weighted by Crippen LogP contribution is -2.62. The number of Topliss-reactive ketones (excluding diaryl/α,β-unsaturated/α-hetero) is 1. The zero-order chi connectivity index (χ0) is 26.1. The number of hydrogen-bond donors (Lipinski definition) is 4. The van der Waals surface area contributed by atoms with E-state index in [2.05, 4.69) is 10.6 Å². The van der Waals surface area contributed by atoms with Crippen molar-refractivity contribution in [3.63, 3.8) is 0 Å². The fourth-order valence-electron chi connectivity index (χ4n) is 4.31. The Labute approximate surface area is 197 Å². The Hall–Kier alpha value is -2.79. The number of carbonyl (C=O) groups excluding carboxylic acids is 4. The van der Waals surface area contributed by atoms with E-state index in [0.717, 1.165) is 12.8 Å². The lowest BCUT2D eigenvalue weighted by Gasteiger charge is -2.42. The molecule has 5 N–H and O–H groups in total. The Kier molecular flexibility index (Phi) is 7.94. The molecule has 2 unspecified atom stereocenters. The average molecular weight is 489 g/mol. The van der Waals surface area contributed by atoms with Gasteiger partial charge >= 0.3 is 6.09 Å². The molecule has 0 radical (unpaired) electrons. The number of rotatable bonds is 9. The van der Waals surface area contributed by atoms with Crippen LogP contribution in [0.2, 0.25) is 0 Å². The molecular formula is C22H34F2N4O6. The molecule has 1 spiro atoms. The van der Waals surface area contributed by atoms with Crippen LogP contribution in [0.4, 0.5) is 13.6 Å². The predicted octanol–water partition coefficient (Wildman–Crippen LogP) is 1.41. The molecule has 1 heterocycles. The van der Waals surface area contributed by atoms with Crippen LogP contribution in [0.25, 0.3) is 0 Å². The highest BCUT2D eigenvalue weighted by Gasteiger charge is 2.52. The molecule has 0 aromatic heterocycles. The van der Waals surface area contributed by atoms with Crippen LogP contribution in [0.15, 0.2) is 0 Å². The van der Waals surface area contributed by atoms with E-state index in [0.29, 0.717) is 13.3 Å². The standard InChI is InChI=1S/C22H34F2N4O6/c1-20(2,3)15(27-19(33)34)18(32)28-10-9-22(7-8-22)11-13(28)17(31)26-12(14(29)16(25)30)5-6-21(4,23)24/h12-13,15,27H,5-11H2,1-4H3,(H2,25,30)(H,26,31)(H,33,34)/t12?,13-,15?/m0/s1. The molecule has 1 aliphatic carbocycles. The van der Waals surface area contributed by atoms with E-state index in [9.17, 15) is 37.9 Å². The first-order valence-corrected chi connectivity index (χ1v) is 11.3. The number of primary amides is 1. The molecule has 1 aliphatic heterocycles. The molecule has 10 nitrogen and oxygen atoms in total. The van der Waals surface area contributed by atoms with Gasteiger partial charge in [0.15, 0.2) is 0 Å². The summed E-state index contributed by atoms with van der Waals surface area (Å²) in [5.74, 6) is -7.05. The third kappa shape index (κ3) is 7.10. The number of amides is 4. The molecule has 34 heavy (non-hydrogen) atoms. The Morgan fingerprint density at radius 3 is 2.12 bits per heavy atom. The van der Waals surface area contributed by atoms with Gasteiger partial charge in [-0.25, -0.2) is 13.6 Å². The van der Waals surface area contributed by atoms with Crippen LogP contribution in [0, 0.1) is 10.8 Å². The second kappa shape index (κ2) is 9.83. The largest absolute Gasteiger partial charge is 0.465 e. The number of hydrogen-bond acceptors (Lipinski definition) is 5. The van der Waals surface area contributed by atoms with E-state index in [1.807, 2.05) is 0 Å². The molecule has 4 amide bonds. The molecule has 192 valence electrons. The van der Waals surface area contributed by atoms with Crippen molar-refractivity contribution in [1.29, 1.82) is 0 Å². The first-order valence-electron chi connectivity index (χ1n) is 11.3. The molecule has 12 heteroatoms. The van der Waals surface area contributed by atoms with Crippen molar-refractivity contribution in [3.05, 3.63) is 0 Å². The summed E-state index contributed by atoms with van der Waals surface area (Å²) in [5.41, 5.74) is 4.10. The minimum atomic E-state index is -3.13. The van der Waals surface area contributed by atoms with Crippen molar-refractivity contribution in [2.45, 2.75) is 90.3 Å². The van der Waals surface area contributed by atoms with Gasteiger partial charge in [-0.05, 0) is 49.9 Å². The number of piperidine rings is 1. The Morgan fingerprint density at radius 2 is 1.68 bits per heavy atom. The van der Waals surface area contributed by atoms with E-state index < -0.39 is 71.9 Å². The van der Waals surface area contributed by atoms with Crippen LogP contribution in [-0.2, 0) is 19.2 Å². The second-order valence-corrected chi connectivity index (χ2v) is 10.6. The second-order valence-electron chi connectivity index (χ2n) is 10.6. The Morgan fingerprint density at radius 1 is 1.09 bits per heavy atom. The maximum absolute atomic E-state index is 13.4. The van der Waals surface area contributed by atoms with Gasteiger partial charge in [-0.2, -0.15) is 0 Å². The average Bonchev–Trinajstić information content (AvgIpc) is 3.44. The minimum Gasteiger partial charge on any atom is -0.465 e. The number of nitrogens with zero attached hydrogens (tertiary/aromatic N) is 1. The monoisotopic (exact) mass is 488 g/mol. The summed E-state index contributed by atoms with van der Waals surface area (Å²) in [6, 6.07) is -3.75. The summed E-state index contributed by atoms with van der Waals surface area (Å²) in [5, 5.41) is 13.8. The van der Waals surface area contributed by atoms with Crippen LogP contribution in [-0.4, -0.2) is 70.2 Å². The summed E-state index contributed by atoms with van der Waals surface area (Å²) >= 11 is 0. The lowest BCUT2D eigenvalue weighted by atomic mass is 9.82. The lowest BCUT2D eigenvalue weighted by molar-refractivity contribution is -0.148. The number of nitrogens with two attached hydrogens (primary N) is 1. The molecule has 0 bridgehead atoms. The quantitative estimate of drug-likeness (QED) is 0.359. The fourth-order valence-corrected chi connectivity index (χ4v) is 4.31. The van der Waals surface area contributed by atoms with E-state index >= 15 is 0 Å². The highest BCUT2D eigenvalue weighted by Crippen LogP contribution is 2.55. The van der Waals surface area contributed by atoms with E-state index in [-0.39, 0.29) is 18.4 Å². The molecule has 0 aromatic carbocycles. The summed E-state index contributed by atoms with van der Waals surface area (Å²) in [6.07, 6.45) is -0.0101. The van der Waals surface area contributed by atoms with Crippen molar-refractivity contribution in [3.8, 4) is 0 Å². The van der Waals surface area contributed by atoms with Crippen LogP contribution < -0.4 is 16.4 Å². The molecule has 1 saturated carbocycles.